The number of halogens is 1. The first-order valence-corrected chi connectivity index (χ1v) is 10.3. The minimum absolute atomic E-state index is 0.0291. The van der Waals surface area contributed by atoms with Crippen molar-refractivity contribution in [3.05, 3.63) is 30.1 Å². The molecule has 3 amide bonds. The van der Waals surface area contributed by atoms with E-state index in [0.717, 1.165) is 18.5 Å². The summed E-state index contributed by atoms with van der Waals surface area (Å²) in [6, 6.07) is 6.08. The van der Waals surface area contributed by atoms with Gasteiger partial charge in [0.05, 0.1) is 13.7 Å². The van der Waals surface area contributed by atoms with E-state index in [4.69, 9.17) is 4.74 Å². The summed E-state index contributed by atoms with van der Waals surface area (Å²) in [5.74, 6) is -0.348. The molecule has 0 unspecified atom stereocenters. The molecule has 2 heterocycles. The first-order valence-electron chi connectivity index (χ1n) is 10.3. The van der Waals surface area contributed by atoms with Crippen LogP contribution in [0.5, 0.6) is 0 Å². The van der Waals surface area contributed by atoms with Crippen molar-refractivity contribution in [1.82, 2.24) is 15.1 Å². The zero-order valence-electron chi connectivity index (χ0n) is 17.3. The largest absolute Gasteiger partial charge is 0.469 e. The molecule has 2 aliphatic heterocycles. The Morgan fingerprint density at radius 2 is 1.63 bits per heavy atom. The molecule has 0 bridgehead atoms. The van der Waals surface area contributed by atoms with Crippen molar-refractivity contribution < 1.29 is 23.5 Å². The third-order valence-corrected chi connectivity index (χ3v) is 5.80. The molecule has 1 N–H and O–H groups in total. The number of urea groups is 1. The smallest absolute Gasteiger partial charge is 0.317 e. The van der Waals surface area contributed by atoms with E-state index in [1.807, 2.05) is 0 Å². The molecular formula is C21H29FN4O4. The van der Waals surface area contributed by atoms with Crippen molar-refractivity contribution in [2.45, 2.75) is 19.3 Å². The fraction of sp³-hybridized carbons (Fsp3) is 0.571. The van der Waals surface area contributed by atoms with Gasteiger partial charge in [-0.2, -0.15) is 0 Å². The number of carbonyl (C=O) groups excluding carboxylic acids is 3. The van der Waals surface area contributed by atoms with Gasteiger partial charge in [-0.3, -0.25) is 9.59 Å². The van der Waals surface area contributed by atoms with Gasteiger partial charge in [-0.1, -0.05) is 0 Å². The molecule has 9 heteroatoms. The van der Waals surface area contributed by atoms with Crippen molar-refractivity contribution in [1.29, 1.82) is 0 Å². The van der Waals surface area contributed by atoms with E-state index in [1.54, 1.807) is 21.9 Å². The van der Waals surface area contributed by atoms with Crippen LogP contribution in [0.1, 0.15) is 19.3 Å². The van der Waals surface area contributed by atoms with Gasteiger partial charge in [0, 0.05) is 51.4 Å². The van der Waals surface area contributed by atoms with E-state index < -0.39 is 0 Å². The Bertz CT molecular complexity index is 742. The normalized spacial score (nSPS) is 17.6. The van der Waals surface area contributed by atoms with Gasteiger partial charge < -0.3 is 24.8 Å². The Labute approximate surface area is 175 Å². The van der Waals surface area contributed by atoms with Crippen LogP contribution in [0.25, 0.3) is 0 Å². The maximum Gasteiger partial charge on any atom is 0.317 e. The summed E-state index contributed by atoms with van der Waals surface area (Å²) in [7, 11) is 1.38. The average molecular weight is 420 g/mol. The minimum atomic E-state index is -0.269. The number of amides is 3. The van der Waals surface area contributed by atoms with Gasteiger partial charge in [0.25, 0.3) is 0 Å². The molecular weight excluding hydrogens is 391 g/mol. The number of hydrogen-bond donors (Lipinski definition) is 1. The number of rotatable bonds is 5. The lowest BCUT2D eigenvalue weighted by Crippen LogP contribution is -2.53. The average Bonchev–Trinajstić information content (AvgIpc) is 2.78. The highest BCUT2D eigenvalue weighted by atomic mass is 19.1. The second kappa shape index (κ2) is 10.3. The highest BCUT2D eigenvalue weighted by Crippen LogP contribution is 2.21. The first kappa shape index (κ1) is 21.9. The molecule has 0 aromatic heterocycles. The number of benzene rings is 1. The van der Waals surface area contributed by atoms with E-state index in [0.29, 0.717) is 45.7 Å². The lowest BCUT2D eigenvalue weighted by atomic mass is 9.93. The maximum atomic E-state index is 13.1. The number of piperidine rings is 1. The second-order valence-electron chi connectivity index (χ2n) is 7.71. The van der Waals surface area contributed by atoms with E-state index in [9.17, 15) is 18.8 Å². The maximum absolute atomic E-state index is 13.1. The number of anilines is 1. The van der Waals surface area contributed by atoms with Crippen molar-refractivity contribution in [2.75, 3.05) is 57.8 Å². The van der Waals surface area contributed by atoms with Crippen LogP contribution in [0.2, 0.25) is 0 Å². The number of methoxy groups -OCH3 is 1. The van der Waals surface area contributed by atoms with Gasteiger partial charge >= 0.3 is 12.0 Å². The molecule has 0 atom stereocenters. The summed E-state index contributed by atoms with van der Waals surface area (Å²) < 4.78 is 17.8. The summed E-state index contributed by atoms with van der Waals surface area (Å²) in [4.78, 5) is 41.7. The van der Waals surface area contributed by atoms with Crippen LogP contribution in [0.3, 0.4) is 0 Å². The van der Waals surface area contributed by atoms with E-state index in [1.165, 1.54) is 19.2 Å². The van der Waals surface area contributed by atoms with Gasteiger partial charge in [-0.25, -0.2) is 9.18 Å². The minimum Gasteiger partial charge on any atom is -0.469 e. The van der Waals surface area contributed by atoms with Gasteiger partial charge in [0.15, 0.2) is 0 Å². The summed E-state index contributed by atoms with van der Waals surface area (Å²) in [6.07, 6.45) is 1.92. The SMILES string of the molecule is COC(=O)CC1CCN(C(=O)CNC(=O)N2CCN(c3ccc(F)cc3)CC2)CC1. The molecule has 2 fully saturated rings. The number of likely N-dealkylation sites (tertiary alicyclic amines) is 1. The fourth-order valence-electron chi connectivity index (χ4n) is 3.90. The lowest BCUT2D eigenvalue weighted by Gasteiger charge is -2.36. The molecule has 2 saturated heterocycles. The van der Waals surface area contributed by atoms with Crippen molar-refractivity contribution in [3.63, 3.8) is 0 Å². The molecule has 0 radical (unpaired) electrons. The molecule has 30 heavy (non-hydrogen) atoms. The number of piperazine rings is 1. The third-order valence-electron chi connectivity index (χ3n) is 5.80. The van der Waals surface area contributed by atoms with Gasteiger partial charge in [-0.15, -0.1) is 0 Å². The summed E-state index contributed by atoms with van der Waals surface area (Å²) in [5, 5.41) is 2.72. The summed E-state index contributed by atoms with van der Waals surface area (Å²) in [6.45, 7) is 3.53. The van der Waals surface area contributed by atoms with Crippen LogP contribution >= 0.6 is 0 Å². The number of carbonyl (C=O) groups is 3. The van der Waals surface area contributed by atoms with E-state index in [2.05, 4.69) is 10.2 Å². The number of ether oxygens (including phenoxy) is 1. The molecule has 8 nitrogen and oxygen atoms in total. The first-order chi connectivity index (χ1) is 14.5. The highest BCUT2D eigenvalue weighted by Gasteiger charge is 2.26. The zero-order chi connectivity index (χ0) is 21.5. The van der Waals surface area contributed by atoms with Crippen LogP contribution in [0.15, 0.2) is 24.3 Å². The van der Waals surface area contributed by atoms with Gasteiger partial charge in [0.1, 0.15) is 5.82 Å². The number of esters is 1. The molecule has 164 valence electrons. The Morgan fingerprint density at radius 3 is 2.23 bits per heavy atom. The van der Waals surface area contributed by atoms with Gasteiger partial charge in [-0.05, 0) is 43.0 Å². The molecule has 0 aliphatic carbocycles. The monoisotopic (exact) mass is 420 g/mol. The fourth-order valence-corrected chi connectivity index (χ4v) is 3.90. The number of nitrogens with zero attached hydrogens (tertiary/aromatic N) is 3. The molecule has 1 aromatic carbocycles. The van der Waals surface area contributed by atoms with Crippen molar-refractivity contribution >= 4 is 23.6 Å². The Morgan fingerprint density at radius 1 is 1.00 bits per heavy atom. The molecule has 1 aromatic rings. The quantitative estimate of drug-likeness (QED) is 0.730. The van der Waals surface area contributed by atoms with Crippen LogP contribution in [0, 0.1) is 11.7 Å². The molecule has 0 spiro atoms. The Kier molecular flexibility index (Phi) is 7.48. The molecule has 0 saturated carbocycles. The standard InChI is InChI=1S/C21H29FN4O4/c1-30-20(28)14-16-6-8-25(9-7-16)19(27)15-23-21(29)26-12-10-24(11-13-26)18-4-2-17(22)3-5-18/h2-5,16H,6-15H2,1H3,(H,23,29). The van der Waals surface area contributed by atoms with Crippen LogP contribution < -0.4 is 10.2 Å². The molecule has 3 rings (SSSR count). The van der Waals surface area contributed by atoms with Crippen molar-refractivity contribution in [3.8, 4) is 0 Å². The molecule has 2 aliphatic rings. The van der Waals surface area contributed by atoms with Crippen LogP contribution in [0.4, 0.5) is 14.9 Å². The topological polar surface area (TPSA) is 82.2 Å². The Balaban J connectivity index is 1.36. The van der Waals surface area contributed by atoms with Crippen LogP contribution in [-0.2, 0) is 14.3 Å². The second-order valence-corrected chi connectivity index (χ2v) is 7.71. The number of hydrogen-bond acceptors (Lipinski definition) is 5. The van der Waals surface area contributed by atoms with Crippen LogP contribution in [-0.4, -0.2) is 80.6 Å². The third kappa shape index (κ3) is 5.84. The van der Waals surface area contributed by atoms with Gasteiger partial charge in [0.2, 0.25) is 5.91 Å². The summed E-state index contributed by atoms with van der Waals surface area (Å²) in [5.41, 5.74) is 0.933. The van der Waals surface area contributed by atoms with Crippen molar-refractivity contribution in [2.24, 2.45) is 5.92 Å². The highest BCUT2D eigenvalue weighted by molar-refractivity contribution is 5.84. The predicted octanol–water partition coefficient (Wildman–Crippen LogP) is 1.46. The Hall–Kier alpha value is -2.84. The number of nitrogens with one attached hydrogen (secondary N) is 1. The summed E-state index contributed by atoms with van der Waals surface area (Å²) >= 11 is 0. The predicted molar refractivity (Wildman–Crippen MR) is 110 cm³/mol. The van der Waals surface area contributed by atoms with E-state index in [-0.39, 0.29) is 36.2 Å². The zero-order valence-corrected chi connectivity index (χ0v) is 17.3. The lowest BCUT2D eigenvalue weighted by molar-refractivity contribution is -0.142. The van der Waals surface area contributed by atoms with E-state index >= 15 is 0 Å².